The Kier molecular flexibility index (Phi) is 7.16. The number of morpholine rings is 1. The SMILES string of the molecule is N#CCOC(=O)[C@]1(C(N)=O)C[C@H](S(=O)(=O)Cc2ccccc2)C[C@H]1C(=O)N1CCOCC1. The van der Waals surface area contributed by atoms with Gasteiger partial charge in [-0.25, -0.2) is 8.42 Å². The van der Waals surface area contributed by atoms with Gasteiger partial charge in [0.15, 0.2) is 21.9 Å². The number of nitrogens with zero attached hydrogens (tertiary/aromatic N) is 2. The van der Waals surface area contributed by atoms with Gasteiger partial charge in [-0.2, -0.15) is 5.26 Å². The van der Waals surface area contributed by atoms with E-state index >= 15 is 0 Å². The van der Waals surface area contributed by atoms with Crippen LogP contribution in [0, 0.1) is 22.7 Å². The highest BCUT2D eigenvalue weighted by Crippen LogP contribution is 2.48. The van der Waals surface area contributed by atoms with Gasteiger partial charge in [-0.3, -0.25) is 14.4 Å². The Bertz CT molecular complexity index is 1020. The summed E-state index contributed by atoms with van der Waals surface area (Å²) in [7, 11) is -3.84. The number of nitriles is 1. The molecule has 32 heavy (non-hydrogen) atoms. The first-order valence-corrected chi connectivity index (χ1v) is 11.9. The molecule has 0 bridgehead atoms. The zero-order valence-electron chi connectivity index (χ0n) is 17.4. The lowest BCUT2D eigenvalue weighted by molar-refractivity contribution is -0.167. The van der Waals surface area contributed by atoms with Crippen molar-refractivity contribution in [3.05, 3.63) is 35.9 Å². The average Bonchev–Trinajstić information content (AvgIpc) is 3.21. The van der Waals surface area contributed by atoms with Gasteiger partial charge in [-0.15, -0.1) is 0 Å². The van der Waals surface area contributed by atoms with Crippen molar-refractivity contribution in [2.24, 2.45) is 17.1 Å². The van der Waals surface area contributed by atoms with Crippen LogP contribution in [0.25, 0.3) is 0 Å². The predicted octanol–water partition coefficient (Wildman–Crippen LogP) is -0.223. The van der Waals surface area contributed by atoms with Crippen LogP contribution in [-0.4, -0.2) is 69.3 Å². The van der Waals surface area contributed by atoms with Crippen LogP contribution < -0.4 is 5.73 Å². The lowest BCUT2D eigenvalue weighted by Crippen LogP contribution is -2.54. The van der Waals surface area contributed by atoms with Gasteiger partial charge in [0.2, 0.25) is 11.8 Å². The molecular weight excluding hydrogens is 438 g/mol. The number of hydrogen-bond donors (Lipinski definition) is 1. The van der Waals surface area contributed by atoms with Crippen molar-refractivity contribution in [1.82, 2.24) is 4.90 Å². The summed E-state index contributed by atoms with van der Waals surface area (Å²) < 4.78 is 36.5. The molecule has 3 rings (SSSR count). The van der Waals surface area contributed by atoms with Gasteiger partial charge in [0.1, 0.15) is 6.07 Å². The molecular formula is C21H25N3O7S. The fraction of sp³-hybridized carbons (Fsp3) is 0.524. The number of esters is 1. The van der Waals surface area contributed by atoms with Gasteiger partial charge in [0.25, 0.3) is 0 Å². The molecule has 1 saturated carbocycles. The fourth-order valence-corrected chi connectivity index (χ4v) is 6.28. The van der Waals surface area contributed by atoms with Crippen LogP contribution >= 0.6 is 0 Å². The van der Waals surface area contributed by atoms with Crippen molar-refractivity contribution in [2.45, 2.75) is 23.8 Å². The normalized spacial score (nSPS) is 25.7. The molecule has 10 nitrogen and oxygen atoms in total. The number of primary amides is 1. The molecule has 0 radical (unpaired) electrons. The van der Waals surface area contributed by atoms with E-state index in [1.807, 2.05) is 0 Å². The van der Waals surface area contributed by atoms with Crippen molar-refractivity contribution in [3.63, 3.8) is 0 Å². The molecule has 2 N–H and O–H groups in total. The summed E-state index contributed by atoms with van der Waals surface area (Å²) in [5.74, 6) is -4.43. The third-order valence-electron chi connectivity index (χ3n) is 6.05. The molecule has 0 unspecified atom stereocenters. The van der Waals surface area contributed by atoms with E-state index in [-0.39, 0.29) is 38.5 Å². The number of carbonyl (C=O) groups excluding carboxylic acids is 3. The van der Waals surface area contributed by atoms with Gasteiger partial charge < -0.3 is 20.1 Å². The van der Waals surface area contributed by atoms with Gasteiger partial charge in [-0.05, 0) is 18.4 Å². The minimum Gasteiger partial charge on any atom is -0.449 e. The first kappa shape index (κ1) is 23.7. The Labute approximate surface area is 186 Å². The monoisotopic (exact) mass is 463 g/mol. The number of nitrogens with two attached hydrogens (primary N) is 1. The Morgan fingerprint density at radius 1 is 1.22 bits per heavy atom. The minimum absolute atomic E-state index is 0.240. The zero-order valence-corrected chi connectivity index (χ0v) is 18.3. The number of rotatable bonds is 7. The molecule has 2 aliphatic rings. The topological polar surface area (TPSA) is 157 Å². The summed E-state index contributed by atoms with van der Waals surface area (Å²) in [4.78, 5) is 40.3. The van der Waals surface area contributed by atoms with Gasteiger partial charge in [-0.1, -0.05) is 30.3 Å². The predicted molar refractivity (Wildman–Crippen MR) is 111 cm³/mol. The van der Waals surface area contributed by atoms with E-state index in [9.17, 15) is 22.8 Å². The van der Waals surface area contributed by atoms with Crippen LogP contribution in [0.5, 0.6) is 0 Å². The standard InChI is InChI=1S/C21H25N3O7S/c22-6-9-31-20(27)21(19(23)26)13-16(32(28,29)14-15-4-2-1-3-5-15)12-17(21)18(25)24-7-10-30-11-8-24/h1-5,16-17H,7-14H2,(H2,23,26)/t16-,17+,21-/m1/s1. The van der Waals surface area contributed by atoms with Crippen molar-refractivity contribution < 1.29 is 32.3 Å². The number of hydrogen-bond acceptors (Lipinski definition) is 8. The number of sulfone groups is 1. The Morgan fingerprint density at radius 3 is 2.47 bits per heavy atom. The van der Waals surface area contributed by atoms with E-state index < -0.39 is 57.2 Å². The largest absolute Gasteiger partial charge is 0.449 e. The van der Waals surface area contributed by atoms with E-state index in [0.29, 0.717) is 5.56 Å². The van der Waals surface area contributed by atoms with Crippen LogP contribution in [0.2, 0.25) is 0 Å². The van der Waals surface area contributed by atoms with Gasteiger partial charge >= 0.3 is 5.97 Å². The van der Waals surface area contributed by atoms with Crippen LogP contribution in [0.1, 0.15) is 18.4 Å². The van der Waals surface area contributed by atoms with E-state index in [1.54, 1.807) is 36.4 Å². The van der Waals surface area contributed by atoms with Crippen LogP contribution in [0.3, 0.4) is 0 Å². The van der Waals surface area contributed by atoms with E-state index in [4.69, 9.17) is 20.5 Å². The van der Waals surface area contributed by atoms with E-state index in [2.05, 4.69) is 0 Å². The lowest BCUT2D eigenvalue weighted by Gasteiger charge is -2.34. The summed E-state index contributed by atoms with van der Waals surface area (Å²) in [5.41, 5.74) is 3.99. The maximum absolute atomic E-state index is 13.3. The number of ether oxygens (including phenoxy) is 2. The Morgan fingerprint density at radius 2 is 1.88 bits per heavy atom. The highest BCUT2D eigenvalue weighted by Gasteiger charge is 2.63. The zero-order chi connectivity index (χ0) is 23.4. The first-order chi connectivity index (χ1) is 15.2. The average molecular weight is 464 g/mol. The molecule has 1 aromatic carbocycles. The fourth-order valence-electron chi connectivity index (χ4n) is 4.39. The summed E-state index contributed by atoms with van der Waals surface area (Å²) in [6.07, 6.45) is -0.710. The summed E-state index contributed by atoms with van der Waals surface area (Å²) in [5, 5.41) is 7.62. The summed E-state index contributed by atoms with van der Waals surface area (Å²) in [6.45, 7) is 0.429. The quantitative estimate of drug-likeness (QED) is 0.429. The summed E-state index contributed by atoms with van der Waals surface area (Å²) in [6, 6.07) is 10.1. The Balaban J connectivity index is 1.97. The first-order valence-electron chi connectivity index (χ1n) is 10.2. The minimum atomic E-state index is -3.84. The number of carbonyl (C=O) groups is 3. The molecule has 1 heterocycles. The molecule has 0 aromatic heterocycles. The lowest BCUT2D eigenvalue weighted by atomic mass is 9.76. The molecule has 1 aliphatic carbocycles. The number of amides is 2. The van der Waals surface area contributed by atoms with Crippen LogP contribution in [0.15, 0.2) is 30.3 Å². The van der Waals surface area contributed by atoms with Crippen molar-refractivity contribution >= 4 is 27.6 Å². The van der Waals surface area contributed by atoms with Crippen molar-refractivity contribution in [2.75, 3.05) is 32.9 Å². The summed E-state index contributed by atoms with van der Waals surface area (Å²) >= 11 is 0. The second-order valence-electron chi connectivity index (χ2n) is 7.91. The molecule has 2 fully saturated rings. The third-order valence-corrected chi connectivity index (χ3v) is 8.16. The van der Waals surface area contributed by atoms with Crippen molar-refractivity contribution in [3.8, 4) is 6.07 Å². The maximum atomic E-state index is 13.3. The molecule has 2 amide bonds. The Hall–Kier alpha value is -2.97. The third kappa shape index (κ3) is 4.61. The highest BCUT2D eigenvalue weighted by molar-refractivity contribution is 7.91. The van der Waals surface area contributed by atoms with Crippen molar-refractivity contribution in [1.29, 1.82) is 5.26 Å². The molecule has 1 saturated heterocycles. The molecule has 3 atom stereocenters. The second kappa shape index (κ2) is 9.67. The highest BCUT2D eigenvalue weighted by atomic mass is 32.2. The number of benzene rings is 1. The van der Waals surface area contributed by atoms with Crippen LogP contribution in [-0.2, 0) is 39.4 Å². The molecule has 1 aromatic rings. The van der Waals surface area contributed by atoms with E-state index in [0.717, 1.165) is 0 Å². The van der Waals surface area contributed by atoms with Crippen LogP contribution in [0.4, 0.5) is 0 Å². The smallest absolute Gasteiger partial charge is 0.323 e. The van der Waals surface area contributed by atoms with Gasteiger partial charge in [0.05, 0.1) is 30.1 Å². The van der Waals surface area contributed by atoms with E-state index in [1.165, 1.54) is 4.90 Å². The molecule has 11 heteroatoms. The van der Waals surface area contributed by atoms with Gasteiger partial charge in [0, 0.05) is 13.1 Å². The second-order valence-corrected chi connectivity index (χ2v) is 10.2. The maximum Gasteiger partial charge on any atom is 0.323 e. The molecule has 172 valence electrons. The molecule has 0 spiro atoms. The molecule has 1 aliphatic heterocycles.